The number of nitrogens with zero attached hydrogens (tertiary/aromatic N) is 1. The van der Waals surface area contributed by atoms with Crippen molar-refractivity contribution in [3.05, 3.63) is 35.1 Å². The fourth-order valence-electron chi connectivity index (χ4n) is 2.37. The van der Waals surface area contributed by atoms with Gasteiger partial charge in [0.1, 0.15) is 5.82 Å². The molecule has 1 aromatic carbocycles. The van der Waals surface area contributed by atoms with Crippen LogP contribution in [0.3, 0.4) is 0 Å². The maximum Gasteiger partial charge on any atom is 0.303 e. The van der Waals surface area contributed by atoms with E-state index in [0.29, 0.717) is 18.7 Å². The first-order valence-corrected chi connectivity index (χ1v) is 6.35. The molecular formula is C15H22FNO2. The summed E-state index contributed by atoms with van der Waals surface area (Å²) < 4.78 is 13.2. The molecule has 0 amide bonds. The minimum Gasteiger partial charge on any atom is -0.481 e. The zero-order valence-electron chi connectivity index (χ0n) is 12.0. The Labute approximate surface area is 114 Å². The Morgan fingerprint density at radius 3 is 2.58 bits per heavy atom. The van der Waals surface area contributed by atoms with E-state index in [9.17, 15) is 9.18 Å². The predicted octanol–water partition coefficient (Wildman–Crippen LogP) is 3.07. The molecule has 0 saturated heterocycles. The summed E-state index contributed by atoms with van der Waals surface area (Å²) in [6.07, 6.45) is 0.139. The van der Waals surface area contributed by atoms with Crippen molar-refractivity contribution in [3.8, 4) is 0 Å². The van der Waals surface area contributed by atoms with Crippen LogP contribution in [0, 0.1) is 18.2 Å². The lowest BCUT2D eigenvalue weighted by Crippen LogP contribution is -2.32. The van der Waals surface area contributed by atoms with E-state index in [4.69, 9.17) is 5.11 Å². The number of rotatable bonds is 6. The van der Waals surface area contributed by atoms with E-state index >= 15 is 0 Å². The molecule has 0 radical (unpaired) electrons. The molecule has 0 aliphatic rings. The summed E-state index contributed by atoms with van der Waals surface area (Å²) in [5, 5.41) is 8.86. The molecule has 0 fully saturated rings. The van der Waals surface area contributed by atoms with Crippen molar-refractivity contribution >= 4 is 5.97 Å². The summed E-state index contributed by atoms with van der Waals surface area (Å²) in [4.78, 5) is 12.8. The van der Waals surface area contributed by atoms with Crippen LogP contribution >= 0.6 is 0 Å². The molecule has 0 bridgehead atoms. The Bertz CT molecular complexity index is 457. The van der Waals surface area contributed by atoms with Crippen LogP contribution in [0.2, 0.25) is 0 Å². The van der Waals surface area contributed by atoms with Gasteiger partial charge >= 0.3 is 5.97 Å². The third-order valence-corrected chi connectivity index (χ3v) is 3.00. The average Bonchev–Trinajstić information content (AvgIpc) is 2.20. The molecule has 0 aromatic heterocycles. The van der Waals surface area contributed by atoms with Crippen LogP contribution in [0.1, 0.15) is 31.4 Å². The van der Waals surface area contributed by atoms with E-state index in [2.05, 4.69) is 4.90 Å². The number of hydrogen-bond donors (Lipinski definition) is 1. The molecule has 19 heavy (non-hydrogen) atoms. The minimum absolute atomic E-state index is 0.139. The van der Waals surface area contributed by atoms with Gasteiger partial charge in [0.15, 0.2) is 0 Å². The lowest BCUT2D eigenvalue weighted by atomic mass is 9.89. The van der Waals surface area contributed by atoms with Crippen molar-refractivity contribution in [2.24, 2.45) is 5.41 Å². The maximum atomic E-state index is 13.2. The van der Waals surface area contributed by atoms with Gasteiger partial charge < -0.3 is 10.0 Å². The summed E-state index contributed by atoms with van der Waals surface area (Å²) in [7, 11) is 1.95. The molecule has 4 heteroatoms. The summed E-state index contributed by atoms with van der Waals surface area (Å²) in [5.41, 5.74) is 1.39. The predicted molar refractivity (Wildman–Crippen MR) is 73.5 cm³/mol. The van der Waals surface area contributed by atoms with Gasteiger partial charge in [0.2, 0.25) is 0 Å². The minimum atomic E-state index is -0.781. The molecule has 0 aliphatic carbocycles. The van der Waals surface area contributed by atoms with Crippen molar-refractivity contribution in [1.82, 2.24) is 4.90 Å². The Balaban J connectivity index is 2.61. The van der Waals surface area contributed by atoms with Crippen LogP contribution in [0.25, 0.3) is 0 Å². The first-order valence-electron chi connectivity index (χ1n) is 6.35. The number of carboxylic acid groups (broad SMARTS) is 1. The fraction of sp³-hybridized carbons (Fsp3) is 0.533. The fourth-order valence-corrected chi connectivity index (χ4v) is 2.37. The monoisotopic (exact) mass is 267 g/mol. The molecule has 106 valence electrons. The van der Waals surface area contributed by atoms with Crippen molar-refractivity contribution in [2.45, 2.75) is 33.7 Å². The first kappa shape index (κ1) is 15.6. The van der Waals surface area contributed by atoms with E-state index in [1.807, 2.05) is 27.0 Å². The number of halogens is 1. The number of hydrogen-bond acceptors (Lipinski definition) is 2. The van der Waals surface area contributed by atoms with E-state index in [-0.39, 0.29) is 17.7 Å². The lowest BCUT2D eigenvalue weighted by molar-refractivity contribution is -0.139. The molecular weight excluding hydrogens is 245 g/mol. The van der Waals surface area contributed by atoms with Gasteiger partial charge in [-0.2, -0.15) is 0 Å². The summed E-state index contributed by atoms with van der Waals surface area (Å²) >= 11 is 0. The Morgan fingerprint density at radius 2 is 2.05 bits per heavy atom. The highest BCUT2D eigenvalue weighted by Crippen LogP contribution is 2.22. The number of carbonyl (C=O) groups is 1. The maximum absolute atomic E-state index is 13.2. The second-order valence-electron chi connectivity index (χ2n) is 5.99. The van der Waals surface area contributed by atoms with E-state index in [0.717, 1.165) is 5.56 Å². The zero-order chi connectivity index (χ0) is 14.6. The Hall–Kier alpha value is -1.42. The summed E-state index contributed by atoms with van der Waals surface area (Å²) in [6.45, 7) is 6.98. The van der Waals surface area contributed by atoms with Crippen LogP contribution in [0.5, 0.6) is 0 Å². The standard InChI is InChI=1S/C15H22FNO2/c1-11-7-12(5-6-13(11)16)9-17(4)10-15(2,3)8-14(18)19/h5-7H,8-10H2,1-4H3,(H,18,19). The van der Waals surface area contributed by atoms with Gasteiger partial charge in [-0.3, -0.25) is 4.79 Å². The van der Waals surface area contributed by atoms with Gasteiger partial charge in [-0.05, 0) is 36.6 Å². The third kappa shape index (κ3) is 5.39. The smallest absolute Gasteiger partial charge is 0.303 e. The molecule has 1 N–H and O–H groups in total. The topological polar surface area (TPSA) is 40.5 Å². The van der Waals surface area contributed by atoms with Crippen LogP contribution < -0.4 is 0 Å². The lowest BCUT2D eigenvalue weighted by Gasteiger charge is -2.29. The van der Waals surface area contributed by atoms with E-state index in [1.54, 1.807) is 13.0 Å². The molecule has 0 aliphatic heterocycles. The average molecular weight is 267 g/mol. The quantitative estimate of drug-likeness (QED) is 0.861. The number of carboxylic acids is 1. The van der Waals surface area contributed by atoms with Crippen molar-refractivity contribution in [2.75, 3.05) is 13.6 Å². The number of benzene rings is 1. The Morgan fingerprint density at radius 1 is 1.42 bits per heavy atom. The van der Waals surface area contributed by atoms with Crippen molar-refractivity contribution < 1.29 is 14.3 Å². The van der Waals surface area contributed by atoms with Crippen LogP contribution in [0.15, 0.2) is 18.2 Å². The van der Waals surface area contributed by atoms with Gasteiger partial charge in [0.25, 0.3) is 0 Å². The molecule has 0 saturated carbocycles. The first-order chi connectivity index (χ1) is 8.69. The second kappa shape index (κ2) is 6.15. The third-order valence-electron chi connectivity index (χ3n) is 3.00. The van der Waals surface area contributed by atoms with Gasteiger partial charge in [0, 0.05) is 13.1 Å². The highest BCUT2D eigenvalue weighted by Gasteiger charge is 2.23. The largest absolute Gasteiger partial charge is 0.481 e. The highest BCUT2D eigenvalue weighted by atomic mass is 19.1. The SMILES string of the molecule is Cc1cc(CN(C)CC(C)(C)CC(=O)O)ccc1F. The van der Waals surface area contributed by atoms with Crippen molar-refractivity contribution in [1.29, 1.82) is 0 Å². The molecule has 0 unspecified atom stereocenters. The van der Waals surface area contributed by atoms with Gasteiger partial charge in [-0.15, -0.1) is 0 Å². The number of aliphatic carboxylic acids is 1. The molecule has 1 aromatic rings. The van der Waals surface area contributed by atoms with Gasteiger partial charge in [-0.1, -0.05) is 26.0 Å². The van der Waals surface area contributed by atoms with Gasteiger partial charge in [0.05, 0.1) is 6.42 Å². The summed E-state index contributed by atoms with van der Waals surface area (Å²) in [6, 6.07) is 5.07. The molecule has 0 spiro atoms. The molecule has 1 rings (SSSR count). The molecule has 3 nitrogen and oxygen atoms in total. The van der Waals surface area contributed by atoms with Crippen LogP contribution in [0.4, 0.5) is 4.39 Å². The second-order valence-corrected chi connectivity index (χ2v) is 5.99. The Kier molecular flexibility index (Phi) is 5.06. The van der Waals surface area contributed by atoms with Crippen molar-refractivity contribution in [3.63, 3.8) is 0 Å². The molecule has 0 atom stereocenters. The zero-order valence-corrected chi connectivity index (χ0v) is 12.0. The van der Waals surface area contributed by atoms with Crippen LogP contribution in [-0.2, 0) is 11.3 Å². The summed E-state index contributed by atoms with van der Waals surface area (Å²) in [5.74, 6) is -0.978. The van der Waals surface area contributed by atoms with Crippen LogP contribution in [-0.4, -0.2) is 29.6 Å². The highest BCUT2D eigenvalue weighted by molar-refractivity contribution is 5.67. The number of aryl methyl sites for hydroxylation is 1. The van der Waals surface area contributed by atoms with Gasteiger partial charge in [-0.25, -0.2) is 4.39 Å². The van der Waals surface area contributed by atoms with E-state index in [1.165, 1.54) is 6.07 Å². The van der Waals surface area contributed by atoms with E-state index < -0.39 is 5.97 Å². The normalized spacial score (nSPS) is 11.9. The molecule has 0 heterocycles.